The minimum atomic E-state index is 1.26. The highest BCUT2D eigenvalue weighted by Gasteiger charge is 2.15. The summed E-state index contributed by atoms with van der Waals surface area (Å²) in [6.45, 7) is 0. The first-order valence-electron chi connectivity index (χ1n) is 9.13. The second-order valence-corrected chi connectivity index (χ2v) is 7.66. The van der Waals surface area contributed by atoms with E-state index in [4.69, 9.17) is 0 Å². The lowest BCUT2D eigenvalue weighted by molar-refractivity contribution is 1.45. The molecule has 0 nitrogen and oxygen atoms in total. The van der Waals surface area contributed by atoms with E-state index in [-0.39, 0.29) is 0 Å². The standard InChI is InChI=1S/C26H18S/c1-3-11-19(12-4-1)25-21-15-7-9-17-23(21)26(24-18-10-8-16-22(24)25)27-20-13-5-2-6-14-20/h1-18H. The van der Waals surface area contributed by atoms with Gasteiger partial charge in [-0.15, -0.1) is 0 Å². The molecule has 0 bridgehead atoms. The van der Waals surface area contributed by atoms with Crippen molar-refractivity contribution >= 4 is 33.3 Å². The third-order valence-electron chi connectivity index (χ3n) is 4.91. The van der Waals surface area contributed by atoms with Crippen molar-refractivity contribution in [1.82, 2.24) is 0 Å². The van der Waals surface area contributed by atoms with Gasteiger partial charge in [-0.05, 0) is 44.8 Å². The molecule has 5 aromatic rings. The van der Waals surface area contributed by atoms with Crippen molar-refractivity contribution in [3.8, 4) is 11.1 Å². The number of hydrogen-bond donors (Lipinski definition) is 0. The molecule has 5 aromatic carbocycles. The van der Waals surface area contributed by atoms with Gasteiger partial charge in [0.05, 0.1) is 0 Å². The first-order valence-corrected chi connectivity index (χ1v) is 9.95. The molecule has 128 valence electrons. The van der Waals surface area contributed by atoms with Gasteiger partial charge in [-0.25, -0.2) is 0 Å². The molecule has 0 saturated carbocycles. The lowest BCUT2D eigenvalue weighted by atomic mass is 9.92. The molecule has 0 aliphatic heterocycles. The first kappa shape index (κ1) is 16.2. The van der Waals surface area contributed by atoms with Gasteiger partial charge in [0.15, 0.2) is 0 Å². The topological polar surface area (TPSA) is 0 Å². The molecule has 0 radical (unpaired) electrons. The molecular formula is C26H18S. The third kappa shape index (κ3) is 2.90. The molecule has 0 aromatic heterocycles. The smallest absolute Gasteiger partial charge is 0.0279 e. The summed E-state index contributed by atoms with van der Waals surface area (Å²) in [4.78, 5) is 2.59. The largest absolute Gasteiger partial charge is 0.0888 e. The number of rotatable bonds is 3. The van der Waals surface area contributed by atoms with E-state index in [1.807, 2.05) is 11.8 Å². The van der Waals surface area contributed by atoms with Crippen LogP contribution in [0.4, 0.5) is 0 Å². The van der Waals surface area contributed by atoms with Crippen LogP contribution in [-0.2, 0) is 0 Å². The fourth-order valence-corrected chi connectivity index (χ4v) is 4.83. The Morgan fingerprint density at radius 2 is 0.852 bits per heavy atom. The van der Waals surface area contributed by atoms with Crippen LogP contribution >= 0.6 is 11.8 Å². The fraction of sp³-hybridized carbons (Fsp3) is 0. The van der Waals surface area contributed by atoms with Crippen molar-refractivity contribution in [1.29, 1.82) is 0 Å². The van der Waals surface area contributed by atoms with E-state index >= 15 is 0 Å². The average Bonchev–Trinajstić information content (AvgIpc) is 2.75. The van der Waals surface area contributed by atoms with Gasteiger partial charge in [-0.3, -0.25) is 0 Å². The van der Waals surface area contributed by atoms with Crippen LogP contribution in [0.5, 0.6) is 0 Å². The Labute approximate surface area is 163 Å². The normalized spacial score (nSPS) is 11.1. The summed E-state index contributed by atoms with van der Waals surface area (Å²) in [5.74, 6) is 0. The van der Waals surface area contributed by atoms with Gasteiger partial charge in [0.25, 0.3) is 0 Å². The maximum absolute atomic E-state index is 2.25. The van der Waals surface area contributed by atoms with Gasteiger partial charge in [0.2, 0.25) is 0 Å². The Kier molecular flexibility index (Phi) is 4.16. The second kappa shape index (κ2) is 6.94. The van der Waals surface area contributed by atoms with Crippen LogP contribution in [0.1, 0.15) is 0 Å². The quantitative estimate of drug-likeness (QED) is 0.295. The minimum Gasteiger partial charge on any atom is -0.0888 e. The highest BCUT2D eigenvalue weighted by molar-refractivity contribution is 7.99. The van der Waals surface area contributed by atoms with Gasteiger partial charge < -0.3 is 0 Å². The zero-order chi connectivity index (χ0) is 18.1. The van der Waals surface area contributed by atoms with Crippen LogP contribution in [0.2, 0.25) is 0 Å². The van der Waals surface area contributed by atoms with Crippen molar-refractivity contribution in [3.05, 3.63) is 109 Å². The predicted octanol–water partition coefficient (Wildman–Crippen LogP) is 7.81. The molecule has 0 amide bonds. The van der Waals surface area contributed by atoms with Crippen LogP contribution in [0.25, 0.3) is 32.7 Å². The lowest BCUT2D eigenvalue weighted by Crippen LogP contribution is -1.89. The highest BCUT2D eigenvalue weighted by atomic mass is 32.2. The van der Waals surface area contributed by atoms with E-state index in [1.165, 1.54) is 42.5 Å². The van der Waals surface area contributed by atoms with E-state index in [0.717, 1.165) is 0 Å². The number of hydrogen-bond acceptors (Lipinski definition) is 1. The molecule has 1 heteroatoms. The summed E-state index contributed by atoms with van der Waals surface area (Å²) in [7, 11) is 0. The molecule has 0 atom stereocenters. The molecule has 0 saturated heterocycles. The summed E-state index contributed by atoms with van der Waals surface area (Å²) in [5, 5.41) is 5.23. The number of fused-ring (bicyclic) bond motifs is 2. The molecule has 0 heterocycles. The molecule has 0 unspecified atom stereocenters. The van der Waals surface area contributed by atoms with Crippen molar-refractivity contribution in [2.24, 2.45) is 0 Å². The van der Waals surface area contributed by atoms with E-state index < -0.39 is 0 Å². The van der Waals surface area contributed by atoms with Crippen molar-refractivity contribution in [2.45, 2.75) is 9.79 Å². The zero-order valence-electron chi connectivity index (χ0n) is 14.8. The van der Waals surface area contributed by atoms with Crippen molar-refractivity contribution < 1.29 is 0 Å². The van der Waals surface area contributed by atoms with E-state index in [0.29, 0.717) is 0 Å². The van der Waals surface area contributed by atoms with E-state index in [9.17, 15) is 0 Å². The fourth-order valence-electron chi connectivity index (χ4n) is 3.72. The maximum atomic E-state index is 2.25. The van der Waals surface area contributed by atoms with E-state index in [2.05, 4.69) is 109 Å². The molecular weight excluding hydrogens is 344 g/mol. The monoisotopic (exact) mass is 362 g/mol. The van der Waals surface area contributed by atoms with Crippen LogP contribution in [0.3, 0.4) is 0 Å². The minimum absolute atomic E-state index is 1.26. The molecule has 0 fully saturated rings. The van der Waals surface area contributed by atoms with Crippen LogP contribution in [0.15, 0.2) is 119 Å². The first-order chi connectivity index (χ1) is 13.4. The summed E-state index contributed by atoms with van der Waals surface area (Å²) in [6.07, 6.45) is 0. The summed E-state index contributed by atoms with van der Waals surface area (Å²) in [6, 6.07) is 38.9. The summed E-state index contributed by atoms with van der Waals surface area (Å²) in [5.41, 5.74) is 2.58. The highest BCUT2D eigenvalue weighted by Crippen LogP contribution is 2.44. The van der Waals surface area contributed by atoms with Crippen LogP contribution in [-0.4, -0.2) is 0 Å². The maximum Gasteiger partial charge on any atom is 0.0279 e. The molecule has 0 aliphatic carbocycles. The second-order valence-electron chi connectivity index (χ2n) is 6.58. The van der Waals surface area contributed by atoms with Gasteiger partial charge in [0.1, 0.15) is 0 Å². The summed E-state index contributed by atoms with van der Waals surface area (Å²) >= 11 is 1.85. The lowest BCUT2D eigenvalue weighted by Gasteiger charge is -2.17. The van der Waals surface area contributed by atoms with Gasteiger partial charge in [0, 0.05) is 9.79 Å². The SMILES string of the molecule is c1ccc(Sc2c3ccccc3c(-c3ccccc3)c3ccccc23)cc1. The molecule has 0 aliphatic rings. The Balaban J connectivity index is 1.89. The van der Waals surface area contributed by atoms with Gasteiger partial charge in [-0.2, -0.15) is 0 Å². The molecule has 5 rings (SSSR count). The summed E-state index contributed by atoms with van der Waals surface area (Å²) < 4.78 is 0. The molecule has 0 N–H and O–H groups in total. The molecule has 0 spiro atoms. The van der Waals surface area contributed by atoms with Crippen molar-refractivity contribution in [3.63, 3.8) is 0 Å². The molecule has 27 heavy (non-hydrogen) atoms. The number of benzene rings is 5. The van der Waals surface area contributed by atoms with Gasteiger partial charge in [-0.1, -0.05) is 109 Å². The Morgan fingerprint density at radius 1 is 0.407 bits per heavy atom. The van der Waals surface area contributed by atoms with Crippen LogP contribution < -0.4 is 0 Å². The third-order valence-corrected chi connectivity index (χ3v) is 6.06. The van der Waals surface area contributed by atoms with Crippen molar-refractivity contribution in [2.75, 3.05) is 0 Å². The Morgan fingerprint density at radius 3 is 1.41 bits per heavy atom. The average molecular weight is 362 g/mol. The zero-order valence-corrected chi connectivity index (χ0v) is 15.6. The van der Waals surface area contributed by atoms with Gasteiger partial charge >= 0.3 is 0 Å². The Bertz CT molecular complexity index is 1170. The van der Waals surface area contributed by atoms with Crippen LogP contribution in [0, 0.1) is 0 Å². The predicted molar refractivity (Wildman–Crippen MR) is 117 cm³/mol. The van der Waals surface area contributed by atoms with E-state index in [1.54, 1.807) is 0 Å². The Hall–Kier alpha value is -3.03.